The van der Waals surface area contributed by atoms with E-state index in [9.17, 15) is 4.79 Å². The number of alkyl halides is 1. The highest BCUT2D eigenvalue weighted by Crippen LogP contribution is 2.55. The summed E-state index contributed by atoms with van der Waals surface area (Å²) >= 11 is 5.62. The number of hydrogen-bond acceptors (Lipinski definition) is 1. The maximum absolute atomic E-state index is 11.9. The topological polar surface area (TPSA) is 20.3 Å². The van der Waals surface area contributed by atoms with Gasteiger partial charge in [0.1, 0.15) is 0 Å². The summed E-state index contributed by atoms with van der Waals surface area (Å²) in [6.45, 7) is 0.691. The summed E-state index contributed by atoms with van der Waals surface area (Å²) in [6.07, 6.45) is 5.19. The Hall–Kier alpha value is -0.240. The van der Waals surface area contributed by atoms with Crippen LogP contribution in [0.1, 0.15) is 25.7 Å². The van der Waals surface area contributed by atoms with E-state index in [1.54, 1.807) is 4.90 Å². The van der Waals surface area contributed by atoms with Crippen LogP contribution in [0.15, 0.2) is 0 Å². The second-order valence-corrected chi connectivity index (χ2v) is 4.96. The van der Waals surface area contributed by atoms with Crippen LogP contribution in [0.3, 0.4) is 0 Å². The van der Waals surface area contributed by atoms with Crippen LogP contribution >= 0.6 is 11.6 Å². The molecule has 2 rings (SSSR count). The average molecular weight is 216 g/mol. The van der Waals surface area contributed by atoms with Gasteiger partial charge in [-0.1, -0.05) is 12.8 Å². The van der Waals surface area contributed by atoms with Crippen molar-refractivity contribution in [2.45, 2.75) is 25.7 Å². The molecule has 0 spiro atoms. The molecule has 0 heterocycles. The van der Waals surface area contributed by atoms with Gasteiger partial charge in [-0.2, -0.15) is 0 Å². The Morgan fingerprint density at radius 1 is 1.36 bits per heavy atom. The lowest BCUT2D eigenvalue weighted by Crippen LogP contribution is -2.30. The molecule has 14 heavy (non-hydrogen) atoms. The Kier molecular flexibility index (Phi) is 3.01. The summed E-state index contributed by atoms with van der Waals surface area (Å²) in [7, 11) is 1.87. The van der Waals surface area contributed by atoms with Crippen LogP contribution in [0.25, 0.3) is 0 Å². The first kappa shape index (κ1) is 10.3. The van der Waals surface area contributed by atoms with E-state index in [0.717, 1.165) is 0 Å². The van der Waals surface area contributed by atoms with Gasteiger partial charge in [0.25, 0.3) is 0 Å². The minimum atomic E-state index is 0.336. The van der Waals surface area contributed by atoms with Crippen molar-refractivity contribution < 1.29 is 4.79 Å². The second kappa shape index (κ2) is 4.09. The van der Waals surface area contributed by atoms with Crippen molar-refractivity contribution >= 4 is 17.5 Å². The van der Waals surface area contributed by atoms with E-state index in [1.165, 1.54) is 25.7 Å². The predicted molar refractivity (Wildman–Crippen MR) is 57.3 cm³/mol. The molecule has 0 aliphatic heterocycles. The third-order valence-electron chi connectivity index (χ3n) is 3.74. The number of carbonyl (C=O) groups is 1. The number of rotatable bonds is 3. The van der Waals surface area contributed by atoms with Gasteiger partial charge in [-0.3, -0.25) is 4.79 Å². The fraction of sp³-hybridized carbons (Fsp3) is 0.909. The maximum Gasteiger partial charge on any atom is 0.226 e. The summed E-state index contributed by atoms with van der Waals surface area (Å²) < 4.78 is 0. The Labute approximate surface area is 90.6 Å². The molecule has 3 heteroatoms. The highest BCUT2D eigenvalue weighted by molar-refractivity contribution is 6.18. The first-order chi connectivity index (χ1) is 6.75. The van der Waals surface area contributed by atoms with Gasteiger partial charge < -0.3 is 4.90 Å². The van der Waals surface area contributed by atoms with Gasteiger partial charge in [0, 0.05) is 25.4 Å². The standard InChI is InChI=1S/C11H18ClNO/c1-13(7-6-12)11(14)10-8-4-2-3-5-9(8)10/h8-10H,2-7H2,1H3. The molecule has 2 unspecified atom stereocenters. The molecule has 80 valence electrons. The Morgan fingerprint density at radius 2 is 1.93 bits per heavy atom. The molecule has 0 aromatic rings. The fourth-order valence-electron chi connectivity index (χ4n) is 2.85. The van der Waals surface area contributed by atoms with Crippen LogP contribution < -0.4 is 0 Å². The number of hydrogen-bond donors (Lipinski definition) is 0. The lowest BCUT2D eigenvalue weighted by Gasteiger charge is -2.15. The van der Waals surface area contributed by atoms with Gasteiger partial charge in [0.2, 0.25) is 5.91 Å². The third-order valence-corrected chi connectivity index (χ3v) is 3.91. The van der Waals surface area contributed by atoms with Crippen molar-refractivity contribution in [3.63, 3.8) is 0 Å². The van der Waals surface area contributed by atoms with Gasteiger partial charge in [-0.25, -0.2) is 0 Å². The molecule has 2 saturated carbocycles. The van der Waals surface area contributed by atoms with E-state index in [0.29, 0.717) is 36.1 Å². The van der Waals surface area contributed by atoms with Gasteiger partial charge in [-0.15, -0.1) is 11.6 Å². The number of carbonyl (C=O) groups excluding carboxylic acids is 1. The molecular weight excluding hydrogens is 198 g/mol. The molecule has 0 aromatic heterocycles. The Morgan fingerprint density at radius 3 is 2.43 bits per heavy atom. The van der Waals surface area contributed by atoms with E-state index < -0.39 is 0 Å². The molecule has 0 bridgehead atoms. The first-order valence-corrected chi connectivity index (χ1v) is 6.10. The fourth-order valence-corrected chi connectivity index (χ4v) is 3.10. The van der Waals surface area contributed by atoms with Crippen molar-refractivity contribution in [1.29, 1.82) is 0 Å². The summed E-state index contributed by atoms with van der Waals surface area (Å²) in [6, 6.07) is 0. The molecule has 0 saturated heterocycles. The second-order valence-electron chi connectivity index (χ2n) is 4.59. The lowest BCUT2D eigenvalue weighted by molar-refractivity contribution is -0.131. The molecule has 2 nitrogen and oxygen atoms in total. The molecule has 0 N–H and O–H groups in total. The third kappa shape index (κ3) is 1.77. The summed E-state index contributed by atoms with van der Waals surface area (Å²) in [5.74, 6) is 2.67. The van der Waals surface area contributed by atoms with E-state index in [1.807, 2.05) is 7.05 Å². The van der Waals surface area contributed by atoms with Crippen molar-refractivity contribution in [3.8, 4) is 0 Å². The van der Waals surface area contributed by atoms with Crippen LogP contribution in [0.4, 0.5) is 0 Å². The van der Waals surface area contributed by atoms with Crippen LogP contribution in [0.5, 0.6) is 0 Å². The van der Waals surface area contributed by atoms with Crippen molar-refractivity contribution in [2.75, 3.05) is 19.5 Å². The van der Waals surface area contributed by atoms with Crippen molar-refractivity contribution in [1.82, 2.24) is 4.90 Å². The van der Waals surface area contributed by atoms with E-state index in [-0.39, 0.29) is 0 Å². The van der Waals surface area contributed by atoms with E-state index in [2.05, 4.69) is 0 Å². The zero-order chi connectivity index (χ0) is 10.1. The average Bonchev–Trinajstić information content (AvgIpc) is 2.91. The molecular formula is C11H18ClNO. The highest BCUT2D eigenvalue weighted by Gasteiger charge is 2.55. The number of nitrogens with zero attached hydrogens (tertiary/aromatic N) is 1. The van der Waals surface area contributed by atoms with Crippen molar-refractivity contribution in [2.24, 2.45) is 17.8 Å². The number of amides is 1. The SMILES string of the molecule is CN(CCCl)C(=O)C1C2CCCCC21. The molecule has 0 aromatic carbocycles. The molecule has 2 fully saturated rings. The number of fused-ring (bicyclic) bond motifs is 1. The quantitative estimate of drug-likeness (QED) is 0.661. The molecule has 1 amide bonds. The lowest BCUT2D eigenvalue weighted by atomic mass is 10.0. The maximum atomic E-state index is 11.9. The monoisotopic (exact) mass is 215 g/mol. The Bertz CT molecular complexity index is 219. The highest BCUT2D eigenvalue weighted by atomic mass is 35.5. The summed E-state index contributed by atoms with van der Waals surface area (Å²) in [5.41, 5.74) is 0. The zero-order valence-corrected chi connectivity index (χ0v) is 9.46. The molecule has 2 aliphatic rings. The van der Waals surface area contributed by atoms with Crippen LogP contribution in [-0.4, -0.2) is 30.3 Å². The zero-order valence-electron chi connectivity index (χ0n) is 8.71. The smallest absolute Gasteiger partial charge is 0.226 e. The van der Waals surface area contributed by atoms with Gasteiger partial charge in [0.15, 0.2) is 0 Å². The van der Waals surface area contributed by atoms with Gasteiger partial charge in [-0.05, 0) is 24.7 Å². The predicted octanol–water partition coefficient (Wildman–Crippen LogP) is 2.12. The normalized spacial score (nSPS) is 34.9. The van der Waals surface area contributed by atoms with Crippen LogP contribution in [0, 0.1) is 17.8 Å². The van der Waals surface area contributed by atoms with Gasteiger partial charge in [0.05, 0.1) is 0 Å². The molecule has 2 atom stereocenters. The Balaban J connectivity index is 1.87. The molecule has 2 aliphatic carbocycles. The van der Waals surface area contributed by atoms with E-state index in [4.69, 9.17) is 11.6 Å². The molecule has 0 radical (unpaired) electrons. The van der Waals surface area contributed by atoms with Crippen LogP contribution in [-0.2, 0) is 4.79 Å². The van der Waals surface area contributed by atoms with E-state index >= 15 is 0 Å². The minimum absolute atomic E-state index is 0.336. The van der Waals surface area contributed by atoms with Crippen molar-refractivity contribution in [3.05, 3.63) is 0 Å². The largest absolute Gasteiger partial charge is 0.344 e. The first-order valence-electron chi connectivity index (χ1n) is 5.56. The summed E-state index contributed by atoms with van der Waals surface area (Å²) in [4.78, 5) is 13.7. The number of halogens is 1. The minimum Gasteiger partial charge on any atom is -0.344 e. The van der Waals surface area contributed by atoms with Gasteiger partial charge >= 0.3 is 0 Å². The van der Waals surface area contributed by atoms with Crippen LogP contribution in [0.2, 0.25) is 0 Å². The summed E-state index contributed by atoms with van der Waals surface area (Å²) in [5, 5.41) is 0.